The van der Waals surface area contributed by atoms with E-state index in [2.05, 4.69) is 17.3 Å². The van der Waals surface area contributed by atoms with Crippen molar-refractivity contribution in [3.63, 3.8) is 0 Å². The van der Waals surface area contributed by atoms with Crippen LogP contribution in [-0.2, 0) is 24.8 Å². The fourth-order valence-electron chi connectivity index (χ4n) is 2.50. The summed E-state index contributed by atoms with van der Waals surface area (Å²) in [5.74, 6) is -0.327. The van der Waals surface area contributed by atoms with Gasteiger partial charge in [-0.15, -0.1) is 12.4 Å². The van der Waals surface area contributed by atoms with E-state index in [1.165, 1.54) is 0 Å². The monoisotopic (exact) mass is 336 g/mol. The zero-order valence-electron chi connectivity index (χ0n) is 13.8. The molecule has 3 N–H and O–H groups in total. The highest BCUT2D eigenvalue weighted by Crippen LogP contribution is 2.19. The maximum Gasteiger partial charge on any atom is 0.225 e. The smallest absolute Gasteiger partial charge is 0.225 e. The standard InChI is InChI=1S/C17H24N4O.ClH/c1-4-15-14(11-21(3)20-15)10-19-17(22)12(2)16(18)13-8-6-5-7-9-13;/h5-9,11-12,16H,4,10,18H2,1-3H3,(H,19,22);1H. The van der Waals surface area contributed by atoms with Gasteiger partial charge in [-0.3, -0.25) is 9.48 Å². The molecular weight excluding hydrogens is 312 g/mol. The van der Waals surface area contributed by atoms with Gasteiger partial charge in [-0.05, 0) is 12.0 Å². The molecule has 2 atom stereocenters. The largest absolute Gasteiger partial charge is 0.352 e. The predicted octanol–water partition coefficient (Wildman–Crippen LogP) is 2.36. The molecule has 1 aromatic carbocycles. The Balaban J connectivity index is 0.00000264. The SMILES string of the molecule is CCc1nn(C)cc1CNC(=O)C(C)C(N)c1ccccc1.Cl. The minimum atomic E-state index is -0.305. The summed E-state index contributed by atoms with van der Waals surface area (Å²) in [6.45, 7) is 4.40. The molecular formula is C17H25ClN4O. The molecule has 0 fully saturated rings. The zero-order chi connectivity index (χ0) is 16.1. The molecule has 1 aromatic heterocycles. The molecule has 0 saturated heterocycles. The fraction of sp³-hybridized carbons (Fsp3) is 0.412. The summed E-state index contributed by atoms with van der Waals surface area (Å²) in [7, 11) is 1.89. The van der Waals surface area contributed by atoms with E-state index < -0.39 is 0 Å². The number of hydrogen-bond acceptors (Lipinski definition) is 3. The Hall–Kier alpha value is -1.85. The van der Waals surface area contributed by atoms with E-state index in [4.69, 9.17) is 5.73 Å². The van der Waals surface area contributed by atoms with Crippen LogP contribution in [-0.4, -0.2) is 15.7 Å². The van der Waals surface area contributed by atoms with E-state index in [0.29, 0.717) is 6.54 Å². The van der Waals surface area contributed by atoms with Gasteiger partial charge in [0, 0.05) is 31.4 Å². The number of benzene rings is 1. The molecule has 0 spiro atoms. The number of nitrogens with zero attached hydrogens (tertiary/aromatic N) is 2. The Morgan fingerprint density at radius 2 is 2.00 bits per heavy atom. The first-order chi connectivity index (χ1) is 10.5. The Bertz CT molecular complexity index is 627. The van der Waals surface area contributed by atoms with E-state index >= 15 is 0 Å². The van der Waals surface area contributed by atoms with Gasteiger partial charge in [0.15, 0.2) is 0 Å². The van der Waals surface area contributed by atoms with Gasteiger partial charge in [0.25, 0.3) is 0 Å². The van der Waals surface area contributed by atoms with Gasteiger partial charge in [-0.1, -0.05) is 44.2 Å². The zero-order valence-corrected chi connectivity index (χ0v) is 14.6. The molecule has 0 saturated carbocycles. The maximum absolute atomic E-state index is 12.3. The third kappa shape index (κ3) is 4.81. The van der Waals surface area contributed by atoms with Crippen LogP contribution >= 0.6 is 12.4 Å². The molecule has 0 aliphatic carbocycles. The molecule has 2 aromatic rings. The summed E-state index contributed by atoms with van der Waals surface area (Å²) in [6.07, 6.45) is 2.80. The third-order valence-corrected chi connectivity index (χ3v) is 3.92. The molecule has 0 aliphatic heterocycles. The van der Waals surface area contributed by atoms with E-state index in [0.717, 1.165) is 23.2 Å². The van der Waals surface area contributed by atoms with Crippen molar-refractivity contribution in [3.8, 4) is 0 Å². The van der Waals surface area contributed by atoms with Crippen LogP contribution < -0.4 is 11.1 Å². The van der Waals surface area contributed by atoms with Crippen LogP contribution in [0.15, 0.2) is 36.5 Å². The number of carbonyl (C=O) groups excluding carboxylic acids is 1. The summed E-state index contributed by atoms with van der Waals surface area (Å²) < 4.78 is 1.78. The van der Waals surface area contributed by atoms with Gasteiger partial charge in [0.1, 0.15) is 0 Å². The first-order valence-corrected chi connectivity index (χ1v) is 7.62. The quantitative estimate of drug-likeness (QED) is 0.850. The van der Waals surface area contributed by atoms with Crippen molar-refractivity contribution in [2.75, 3.05) is 0 Å². The average molecular weight is 337 g/mol. The van der Waals surface area contributed by atoms with Gasteiger partial charge in [0.2, 0.25) is 5.91 Å². The molecule has 5 nitrogen and oxygen atoms in total. The predicted molar refractivity (Wildman–Crippen MR) is 94.2 cm³/mol. The lowest BCUT2D eigenvalue weighted by atomic mass is 9.94. The molecule has 2 unspecified atom stereocenters. The van der Waals surface area contributed by atoms with Gasteiger partial charge >= 0.3 is 0 Å². The van der Waals surface area contributed by atoms with E-state index in [9.17, 15) is 4.79 Å². The first-order valence-electron chi connectivity index (χ1n) is 7.62. The van der Waals surface area contributed by atoms with Crippen molar-refractivity contribution < 1.29 is 4.79 Å². The van der Waals surface area contributed by atoms with Crippen molar-refractivity contribution >= 4 is 18.3 Å². The molecule has 1 amide bonds. The Morgan fingerprint density at radius 1 is 1.35 bits per heavy atom. The molecule has 6 heteroatoms. The number of amides is 1. The second-order valence-electron chi connectivity index (χ2n) is 5.57. The normalized spacial score (nSPS) is 13.0. The summed E-state index contributed by atoms with van der Waals surface area (Å²) in [6, 6.07) is 9.40. The lowest BCUT2D eigenvalue weighted by Gasteiger charge is -2.19. The van der Waals surface area contributed by atoms with Crippen LogP contribution in [0.3, 0.4) is 0 Å². The van der Waals surface area contributed by atoms with Crippen LogP contribution in [0.4, 0.5) is 0 Å². The Kier molecular flexibility index (Phi) is 7.26. The number of nitrogens with one attached hydrogen (secondary N) is 1. The summed E-state index contributed by atoms with van der Waals surface area (Å²) >= 11 is 0. The number of aryl methyl sites for hydroxylation is 2. The number of carbonyl (C=O) groups is 1. The third-order valence-electron chi connectivity index (χ3n) is 3.92. The van der Waals surface area contributed by atoms with Crippen LogP contribution in [0, 0.1) is 5.92 Å². The van der Waals surface area contributed by atoms with Crippen LogP contribution in [0.2, 0.25) is 0 Å². The number of aromatic nitrogens is 2. The molecule has 2 rings (SSSR count). The van der Waals surface area contributed by atoms with Crippen molar-refractivity contribution in [1.82, 2.24) is 15.1 Å². The highest BCUT2D eigenvalue weighted by atomic mass is 35.5. The number of halogens is 1. The Labute approximate surface area is 143 Å². The van der Waals surface area contributed by atoms with E-state index in [-0.39, 0.29) is 30.3 Å². The lowest BCUT2D eigenvalue weighted by molar-refractivity contribution is -0.125. The lowest BCUT2D eigenvalue weighted by Crippen LogP contribution is -2.35. The summed E-state index contributed by atoms with van der Waals surface area (Å²) in [5, 5.41) is 7.34. The van der Waals surface area contributed by atoms with Crippen molar-refractivity contribution in [2.24, 2.45) is 18.7 Å². The minimum Gasteiger partial charge on any atom is -0.352 e. The van der Waals surface area contributed by atoms with E-state index in [1.807, 2.05) is 50.5 Å². The van der Waals surface area contributed by atoms with Crippen LogP contribution in [0.5, 0.6) is 0 Å². The number of nitrogens with two attached hydrogens (primary N) is 1. The van der Waals surface area contributed by atoms with Crippen molar-refractivity contribution in [1.29, 1.82) is 0 Å². The van der Waals surface area contributed by atoms with Crippen LogP contribution in [0.25, 0.3) is 0 Å². The molecule has 126 valence electrons. The van der Waals surface area contributed by atoms with Gasteiger partial charge < -0.3 is 11.1 Å². The highest BCUT2D eigenvalue weighted by Gasteiger charge is 2.22. The second kappa shape index (κ2) is 8.70. The molecule has 0 bridgehead atoms. The first kappa shape index (κ1) is 19.2. The summed E-state index contributed by atoms with van der Waals surface area (Å²) in [5.41, 5.74) is 9.24. The number of hydrogen-bond donors (Lipinski definition) is 2. The molecule has 23 heavy (non-hydrogen) atoms. The van der Waals surface area contributed by atoms with E-state index in [1.54, 1.807) is 4.68 Å². The van der Waals surface area contributed by atoms with Gasteiger partial charge in [-0.2, -0.15) is 5.10 Å². The second-order valence-corrected chi connectivity index (χ2v) is 5.57. The number of rotatable bonds is 6. The van der Waals surface area contributed by atoms with Gasteiger partial charge in [-0.25, -0.2) is 0 Å². The average Bonchev–Trinajstić information content (AvgIpc) is 2.92. The van der Waals surface area contributed by atoms with Crippen LogP contribution in [0.1, 0.15) is 36.7 Å². The highest BCUT2D eigenvalue weighted by molar-refractivity contribution is 5.85. The maximum atomic E-state index is 12.3. The minimum absolute atomic E-state index is 0. The van der Waals surface area contributed by atoms with Crippen molar-refractivity contribution in [3.05, 3.63) is 53.3 Å². The topological polar surface area (TPSA) is 72.9 Å². The molecule has 0 aliphatic rings. The molecule has 1 heterocycles. The fourth-order valence-corrected chi connectivity index (χ4v) is 2.50. The Morgan fingerprint density at radius 3 is 2.61 bits per heavy atom. The summed E-state index contributed by atoms with van der Waals surface area (Å²) in [4.78, 5) is 12.3. The van der Waals surface area contributed by atoms with Gasteiger partial charge in [0.05, 0.1) is 11.6 Å². The molecule has 0 radical (unpaired) electrons. The van der Waals surface area contributed by atoms with Crippen molar-refractivity contribution in [2.45, 2.75) is 32.9 Å².